The number of halogens is 3. The van der Waals surface area contributed by atoms with E-state index in [9.17, 15) is 8.78 Å². The van der Waals surface area contributed by atoms with Crippen LogP contribution in [0, 0.1) is 0 Å². The van der Waals surface area contributed by atoms with E-state index in [1.165, 1.54) is 0 Å². The second kappa shape index (κ2) is 5.71. The fourth-order valence-corrected chi connectivity index (χ4v) is 2.42. The molecule has 0 bridgehead atoms. The van der Waals surface area contributed by atoms with Crippen molar-refractivity contribution in [2.24, 2.45) is 0 Å². The maximum absolute atomic E-state index is 13.1. The van der Waals surface area contributed by atoms with Gasteiger partial charge in [0, 0.05) is 21.6 Å². The van der Waals surface area contributed by atoms with Crippen LogP contribution in [0.15, 0.2) is 34.9 Å². The number of pyridine rings is 1. The van der Waals surface area contributed by atoms with Crippen molar-refractivity contribution in [3.05, 3.63) is 40.5 Å². The number of hydrogen-bond acceptors (Lipinski definition) is 2. The lowest BCUT2D eigenvalue weighted by atomic mass is 10.0. The Hall–Kier alpha value is -1.07. The van der Waals surface area contributed by atoms with Gasteiger partial charge in [0.15, 0.2) is 0 Å². The van der Waals surface area contributed by atoms with Gasteiger partial charge in [-0.25, -0.2) is 8.78 Å². The minimum atomic E-state index is -2.46. The Morgan fingerprint density at radius 2 is 2.11 bits per heavy atom. The van der Waals surface area contributed by atoms with Gasteiger partial charge in [0.25, 0.3) is 6.43 Å². The Labute approximate surface area is 113 Å². The van der Waals surface area contributed by atoms with Crippen LogP contribution < -0.4 is 5.32 Å². The van der Waals surface area contributed by atoms with Crippen molar-refractivity contribution < 1.29 is 8.78 Å². The monoisotopic (exact) mass is 314 g/mol. The zero-order chi connectivity index (χ0) is 13.1. The van der Waals surface area contributed by atoms with E-state index in [0.29, 0.717) is 17.6 Å². The van der Waals surface area contributed by atoms with Crippen molar-refractivity contribution in [1.82, 2.24) is 10.3 Å². The third-order valence-electron chi connectivity index (χ3n) is 2.76. The van der Waals surface area contributed by atoms with E-state index in [4.69, 9.17) is 0 Å². The molecule has 1 aromatic heterocycles. The van der Waals surface area contributed by atoms with Gasteiger partial charge in [-0.05, 0) is 18.7 Å². The molecule has 0 aliphatic carbocycles. The first-order valence-electron chi connectivity index (χ1n) is 5.69. The molecule has 0 radical (unpaired) electrons. The summed E-state index contributed by atoms with van der Waals surface area (Å²) in [5.41, 5.74) is 1.14. The number of alkyl halides is 2. The first-order valence-corrected chi connectivity index (χ1v) is 6.49. The Morgan fingerprint density at radius 3 is 2.78 bits per heavy atom. The lowest BCUT2D eigenvalue weighted by Crippen LogP contribution is -2.27. The number of aromatic nitrogens is 1. The highest BCUT2D eigenvalue weighted by Crippen LogP contribution is 2.31. The third-order valence-corrected chi connectivity index (χ3v) is 3.45. The van der Waals surface area contributed by atoms with Crippen LogP contribution in [0.25, 0.3) is 10.9 Å². The Balaban J connectivity index is 2.59. The first kappa shape index (κ1) is 13.4. The van der Waals surface area contributed by atoms with Crippen molar-refractivity contribution in [3.8, 4) is 0 Å². The summed E-state index contributed by atoms with van der Waals surface area (Å²) < 4.78 is 27.1. The summed E-state index contributed by atoms with van der Waals surface area (Å²) in [6, 6.07) is 6.15. The van der Waals surface area contributed by atoms with Gasteiger partial charge in [-0.1, -0.05) is 35.0 Å². The average Bonchev–Trinajstić information content (AvgIpc) is 2.37. The van der Waals surface area contributed by atoms with Gasteiger partial charge >= 0.3 is 0 Å². The van der Waals surface area contributed by atoms with Crippen molar-refractivity contribution in [2.75, 3.05) is 6.54 Å². The predicted octanol–water partition coefficient (Wildman–Crippen LogP) is 3.91. The smallest absolute Gasteiger partial charge is 0.257 e. The van der Waals surface area contributed by atoms with Gasteiger partial charge in [0.05, 0.1) is 11.6 Å². The molecule has 0 saturated heterocycles. The lowest BCUT2D eigenvalue weighted by Gasteiger charge is -2.19. The number of hydrogen-bond donors (Lipinski definition) is 1. The fraction of sp³-hybridized carbons (Fsp3) is 0.308. The van der Waals surface area contributed by atoms with E-state index in [0.717, 1.165) is 9.86 Å². The maximum Gasteiger partial charge on any atom is 0.257 e. The number of benzene rings is 1. The molecule has 1 N–H and O–H groups in total. The number of rotatable bonds is 4. The second-order valence-electron chi connectivity index (χ2n) is 3.91. The van der Waals surface area contributed by atoms with E-state index in [-0.39, 0.29) is 0 Å². The molecule has 0 spiro atoms. The summed E-state index contributed by atoms with van der Waals surface area (Å²) in [5.74, 6) is 0. The zero-order valence-corrected chi connectivity index (χ0v) is 11.4. The molecule has 2 aromatic rings. The van der Waals surface area contributed by atoms with Gasteiger partial charge < -0.3 is 5.32 Å². The van der Waals surface area contributed by atoms with Crippen molar-refractivity contribution in [3.63, 3.8) is 0 Å². The van der Waals surface area contributed by atoms with Gasteiger partial charge in [-0.3, -0.25) is 4.98 Å². The molecule has 1 unspecified atom stereocenters. The molecule has 1 heterocycles. The van der Waals surface area contributed by atoms with E-state index in [2.05, 4.69) is 26.2 Å². The molecular weight excluding hydrogens is 302 g/mol. The number of nitrogens with zero attached hydrogens (tertiary/aromatic N) is 1. The standard InChI is InChI=1S/C13H13BrF2N2/c1-2-17-12(13(15)16)9-5-6-10(14)8-4-3-7-18-11(8)9/h3-7,12-13,17H,2H2,1H3. The third kappa shape index (κ3) is 2.52. The van der Waals surface area contributed by atoms with Crippen LogP contribution in [0.2, 0.25) is 0 Å². The molecule has 1 aromatic carbocycles. The summed E-state index contributed by atoms with van der Waals surface area (Å²) >= 11 is 3.41. The van der Waals surface area contributed by atoms with Gasteiger partial charge in [-0.15, -0.1) is 0 Å². The molecular formula is C13H13BrF2N2. The summed E-state index contributed by atoms with van der Waals surface area (Å²) in [7, 11) is 0. The van der Waals surface area contributed by atoms with Crippen LogP contribution in [0.4, 0.5) is 8.78 Å². The summed E-state index contributed by atoms with van der Waals surface area (Å²) in [4.78, 5) is 4.22. The highest BCUT2D eigenvalue weighted by molar-refractivity contribution is 9.10. The number of nitrogens with one attached hydrogen (secondary N) is 1. The van der Waals surface area contributed by atoms with Crippen molar-refractivity contribution in [1.29, 1.82) is 0 Å². The SMILES string of the molecule is CCNC(c1ccc(Br)c2cccnc12)C(F)F. The highest BCUT2D eigenvalue weighted by atomic mass is 79.9. The quantitative estimate of drug-likeness (QED) is 0.925. The number of fused-ring (bicyclic) bond motifs is 1. The Bertz CT molecular complexity index is 546. The second-order valence-corrected chi connectivity index (χ2v) is 4.76. The highest BCUT2D eigenvalue weighted by Gasteiger charge is 2.24. The van der Waals surface area contributed by atoms with E-state index >= 15 is 0 Å². The van der Waals surface area contributed by atoms with Crippen LogP contribution in [-0.4, -0.2) is 18.0 Å². The molecule has 0 fully saturated rings. The van der Waals surface area contributed by atoms with E-state index in [1.807, 2.05) is 13.0 Å². The summed E-state index contributed by atoms with van der Waals surface area (Å²) in [6.07, 6.45) is -0.844. The molecule has 5 heteroatoms. The first-order chi connectivity index (χ1) is 8.65. The molecule has 0 aliphatic rings. The largest absolute Gasteiger partial charge is 0.305 e. The van der Waals surface area contributed by atoms with E-state index in [1.54, 1.807) is 24.4 Å². The van der Waals surface area contributed by atoms with Crippen LogP contribution in [0.1, 0.15) is 18.5 Å². The van der Waals surface area contributed by atoms with Gasteiger partial charge in [0.1, 0.15) is 0 Å². The Morgan fingerprint density at radius 1 is 1.33 bits per heavy atom. The van der Waals surface area contributed by atoms with Crippen LogP contribution in [0.3, 0.4) is 0 Å². The molecule has 1 atom stereocenters. The molecule has 18 heavy (non-hydrogen) atoms. The summed E-state index contributed by atoms with van der Waals surface area (Å²) in [5, 5.41) is 3.65. The minimum Gasteiger partial charge on any atom is -0.305 e. The fourth-order valence-electron chi connectivity index (χ4n) is 1.97. The lowest BCUT2D eigenvalue weighted by molar-refractivity contribution is 0.0998. The van der Waals surface area contributed by atoms with Crippen LogP contribution >= 0.6 is 15.9 Å². The van der Waals surface area contributed by atoms with Gasteiger partial charge in [0.2, 0.25) is 0 Å². The van der Waals surface area contributed by atoms with Gasteiger partial charge in [-0.2, -0.15) is 0 Å². The molecule has 2 nitrogen and oxygen atoms in total. The molecule has 0 amide bonds. The summed E-state index contributed by atoms with van der Waals surface area (Å²) in [6.45, 7) is 2.29. The minimum absolute atomic E-state index is 0.486. The van der Waals surface area contributed by atoms with Crippen molar-refractivity contribution in [2.45, 2.75) is 19.4 Å². The normalized spacial score (nSPS) is 13.2. The van der Waals surface area contributed by atoms with Crippen LogP contribution in [-0.2, 0) is 0 Å². The zero-order valence-electron chi connectivity index (χ0n) is 9.83. The average molecular weight is 315 g/mol. The topological polar surface area (TPSA) is 24.9 Å². The Kier molecular flexibility index (Phi) is 4.24. The predicted molar refractivity (Wildman–Crippen MR) is 71.9 cm³/mol. The van der Waals surface area contributed by atoms with E-state index < -0.39 is 12.5 Å². The molecule has 96 valence electrons. The molecule has 0 saturated carbocycles. The molecule has 0 aliphatic heterocycles. The van der Waals surface area contributed by atoms with Crippen LogP contribution in [0.5, 0.6) is 0 Å². The maximum atomic E-state index is 13.1. The molecule has 2 rings (SSSR count). The van der Waals surface area contributed by atoms with Crippen molar-refractivity contribution >= 4 is 26.8 Å².